The van der Waals surface area contributed by atoms with Gasteiger partial charge >= 0.3 is 0 Å². The molecule has 0 saturated heterocycles. The molecule has 18 heavy (non-hydrogen) atoms. The van der Waals surface area contributed by atoms with Gasteiger partial charge in [0.15, 0.2) is 0 Å². The number of benzene rings is 2. The number of hydrogen-bond donors (Lipinski definition) is 0. The van der Waals surface area contributed by atoms with Crippen LogP contribution < -0.4 is 0 Å². The molecule has 0 fully saturated rings. The second-order valence-electron chi connectivity index (χ2n) is 4.13. The number of halogens is 2. The standard InChI is InChI=1S/C15H12Cl2O/c16-14-5-1-3-11(8-14)7-13(10-18)12-4-2-6-15(17)9-12/h1-6,8-10,13H,7H2. The molecule has 0 heterocycles. The minimum atomic E-state index is -0.192. The lowest BCUT2D eigenvalue weighted by Gasteiger charge is -2.11. The monoisotopic (exact) mass is 278 g/mol. The van der Waals surface area contributed by atoms with Crippen LogP contribution >= 0.6 is 23.2 Å². The van der Waals surface area contributed by atoms with Crippen molar-refractivity contribution in [1.82, 2.24) is 0 Å². The van der Waals surface area contributed by atoms with Crippen molar-refractivity contribution in [2.24, 2.45) is 0 Å². The predicted octanol–water partition coefficient (Wildman–Crippen LogP) is 4.52. The molecule has 1 atom stereocenters. The smallest absolute Gasteiger partial charge is 0.127 e. The van der Waals surface area contributed by atoms with Crippen LogP contribution in [0.1, 0.15) is 17.0 Å². The van der Waals surface area contributed by atoms with E-state index in [-0.39, 0.29) is 5.92 Å². The van der Waals surface area contributed by atoms with Gasteiger partial charge in [0, 0.05) is 16.0 Å². The zero-order valence-electron chi connectivity index (χ0n) is 9.64. The van der Waals surface area contributed by atoms with Gasteiger partial charge in [-0.05, 0) is 41.8 Å². The molecule has 0 aromatic heterocycles. The van der Waals surface area contributed by atoms with E-state index in [9.17, 15) is 4.79 Å². The van der Waals surface area contributed by atoms with Crippen LogP contribution in [0.2, 0.25) is 10.0 Å². The number of carbonyl (C=O) groups is 1. The maximum absolute atomic E-state index is 11.2. The molecule has 0 aliphatic rings. The Morgan fingerprint density at radius 3 is 2.28 bits per heavy atom. The molecule has 0 saturated carbocycles. The van der Waals surface area contributed by atoms with E-state index in [0.717, 1.165) is 17.4 Å². The lowest BCUT2D eigenvalue weighted by molar-refractivity contribution is -0.109. The van der Waals surface area contributed by atoms with Crippen LogP contribution in [-0.4, -0.2) is 6.29 Å². The summed E-state index contributed by atoms with van der Waals surface area (Å²) in [6, 6.07) is 14.9. The first-order valence-corrected chi connectivity index (χ1v) is 6.40. The largest absolute Gasteiger partial charge is 0.303 e. The van der Waals surface area contributed by atoms with E-state index in [4.69, 9.17) is 23.2 Å². The Kier molecular flexibility index (Phi) is 4.40. The first-order valence-electron chi connectivity index (χ1n) is 5.64. The van der Waals surface area contributed by atoms with Gasteiger partial charge in [0.2, 0.25) is 0 Å². The Hall–Kier alpha value is -1.31. The van der Waals surface area contributed by atoms with Crippen LogP contribution in [0.5, 0.6) is 0 Å². The van der Waals surface area contributed by atoms with Crippen LogP contribution in [0.4, 0.5) is 0 Å². The van der Waals surface area contributed by atoms with Gasteiger partial charge in [-0.1, -0.05) is 47.5 Å². The zero-order valence-corrected chi connectivity index (χ0v) is 11.2. The van der Waals surface area contributed by atoms with E-state index in [0.29, 0.717) is 16.5 Å². The third kappa shape index (κ3) is 3.34. The highest BCUT2D eigenvalue weighted by atomic mass is 35.5. The molecule has 0 amide bonds. The Labute approximate surface area is 116 Å². The molecule has 2 aromatic carbocycles. The van der Waals surface area contributed by atoms with E-state index in [1.807, 2.05) is 42.5 Å². The Morgan fingerprint density at radius 2 is 1.67 bits per heavy atom. The SMILES string of the molecule is O=CC(Cc1cccc(Cl)c1)c1cccc(Cl)c1. The van der Waals surface area contributed by atoms with E-state index in [1.165, 1.54) is 0 Å². The predicted molar refractivity (Wildman–Crippen MR) is 75.4 cm³/mol. The second-order valence-corrected chi connectivity index (χ2v) is 5.00. The molecule has 3 heteroatoms. The summed E-state index contributed by atoms with van der Waals surface area (Å²) in [5.74, 6) is -0.192. The average molecular weight is 279 g/mol. The van der Waals surface area contributed by atoms with Crippen LogP contribution in [0.25, 0.3) is 0 Å². The summed E-state index contributed by atoms with van der Waals surface area (Å²) in [5.41, 5.74) is 1.97. The van der Waals surface area contributed by atoms with Crippen molar-refractivity contribution in [2.75, 3.05) is 0 Å². The molecular weight excluding hydrogens is 267 g/mol. The first kappa shape index (κ1) is 13.1. The van der Waals surface area contributed by atoms with Crippen molar-refractivity contribution in [1.29, 1.82) is 0 Å². The molecular formula is C15H12Cl2O. The highest BCUT2D eigenvalue weighted by Gasteiger charge is 2.11. The van der Waals surface area contributed by atoms with Crippen molar-refractivity contribution in [2.45, 2.75) is 12.3 Å². The molecule has 2 aromatic rings. The van der Waals surface area contributed by atoms with Crippen molar-refractivity contribution < 1.29 is 4.79 Å². The highest BCUT2D eigenvalue weighted by Crippen LogP contribution is 2.23. The van der Waals surface area contributed by atoms with Crippen molar-refractivity contribution in [3.05, 3.63) is 69.7 Å². The normalized spacial score (nSPS) is 12.1. The third-order valence-corrected chi connectivity index (χ3v) is 3.26. The fraction of sp³-hybridized carbons (Fsp3) is 0.133. The lowest BCUT2D eigenvalue weighted by atomic mass is 9.93. The molecule has 0 spiro atoms. The van der Waals surface area contributed by atoms with Crippen molar-refractivity contribution in [3.63, 3.8) is 0 Å². The summed E-state index contributed by atoms with van der Waals surface area (Å²) in [4.78, 5) is 11.2. The highest BCUT2D eigenvalue weighted by molar-refractivity contribution is 6.30. The molecule has 2 rings (SSSR count). The summed E-state index contributed by atoms with van der Waals surface area (Å²) in [7, 11) is 0. The minimum Gasteiger partial charge on any atom is -0.303 e. The minimum absolute atomic E-state index is 0.192. The lowest BCUT2D eigenvalue weighted by Crippen LogP contribution is -2.04. The molecule has 1 nitrogen and oxygen atoms in total. The maximum Gasteiger partial charge on any atom is 0.127 e. The van der Waals surface area contributed by atoms with Gasteiger partial charge in [0.25, 0.3) is 0 Å². The average Bonchev–Trinajstić information content (AvgIpc) is 2.36. The fourth-order valence-corrected chi connectivity index (χ4v) is 2.31. The Bertz CT molecular complexity index is 552. The molecule has 0 aliphatic heterocycles. The number of rotatable bonds is 4. The van der Waals surface area contributed by atoms with Gasteiger partial charge in [-0.2, -0.15) is 0 Å². The van der Waals surface area contributed by atoms with E-state index in [1.54, 1.807) is 6.07 Å². The molecule has 0 bridgehead atoms. The Balaban J connectivity index is 2.22. The van der Waals surface area contributed by atoms with Crippen molar-refractivity contribution >= 4 is 29.5 Å². The maximum atomic E-state index is 11.2. The fourth-order valence-electron chi connectivity index (χ4n) is 1.90. The molecule has 92 valence electrons. The first-order chi connectivity index (χ1) is 8.69. The van der Waals surface area contributed by atoms with Gasteiger partial charge in [0.05, 0.1) is 0 Å². The van der Waals surface area contributed by atoms with Crippen molar-refractivity contribution in [3.8, 4) is 0 Å². The summed E-state index contributed by atoms with van der Waals surface area (Å²) < 4.78 is 0. The van der Waals surface area contributed by atoms with E-state index in [2.05, 4.69) is 0 Å². The molecule has 0 N–H and O–H groups in total. The van der Waals surface area contributed by atoms with Crippen LogP contribution in [-0.2, 0) is 11.2 Å². The Morgan fingerprint density at radius 1 is 1.00 bits per heavy atom. The zero-order chi connectivity index (χ0) is 13.0. The topological polar surface area (TPSA) is 17.1 Å². The number of carbonyl (C=O) groups excluding carboxylic acids is 1. The van der Waals surface area contributed by atoms with Gasteiger partial charge < -0.3 is 4.79 Å². The van der Waals surface area contributed by atoms with E-state index < -0.39 is 0 Å². The van der Waals surface area contributed by atoms with Crippen LogP contribution in [0.15, 0.2) is 48.5 Å². The number of aldehydes is 1. The number of hydrogen-bond acceptors (Lipinski definition) is 1. The summed E-state index contributed by atoms with van der Waals surface area (Å²) in [6.07, 6.45) is 1.58. The quantitative estimate of drug-likeness (QED) is 0.752. The second kappa shape index (κ2) is 6.03. The van der Waals surface area contributed by atoms with Gasteiger partial charge in [-0.3, -0.25) is 0 Å². The summed E-state index contributed by atoms with van der Waals surface area (Å²) in [6.45, 7) is 0. The van der Waals surface area contributed by atoms with Gasteiger partial charge in [-0.25, -0.2) is 0 Å². The summed E-state index contributed by atoms with van der Waals surface area (Å²) >= 11 is 11.9. The van der Waals surface area contributed by atoms with E-state index >= 15 is 0 Å². The third-order valence-electron chi connectivity index (χ3n) is 2.79. The molecule has 0 aliphatic carbocycles. The van der Waals surface area contributed by atoms with Gasteiger partial charge in [0.1, 0.15) is 6.29 Å². The summed E-state index contributed by atoms with van der Waals surface area (Å²) in [5, 5.41) is 1.33. The van der Waals surface area contributed by atoms with Crippen LogP contribution in [0.3, 0.4) is 0 Å². The van der Waals surface area contributed by atoms with Crippen LogP contribution in [0, 0.1) is 0 Å². The van der Waals surface area contributed by atoms with Gasteiger partial charge in [-0.15, -0.1) is 0 Å². The molecule has 0 radical (unpaired) electrons. The molecule has 1 unspecified atom stereocenters.